The molecule has 2 rings (SSSR count). The van der Waals surface area contributed by atoms with Crippen molar-refractivity contribution in [2.24, 2.45) is 0 Å². The molecule has 0 saturated heterocycles. The Bertz CT molecular complexity index is 633. The number of hydrogen-bond donors (Lipinski definition) is 0. The molecule has 124 valence electrons. The zero-order chi connectivity index (χ0) is 17.0. The van der Waals surface area contributed by atoms with E-state index in [9.17, 15) is 0 Å². The van der Waals surface area contributed by atoms with E-state index in [1.165, 1.54) is 22.3 Å². The third-order valence-electron chi connectivity index (χ3n) is 4.34. The van der Waals surface area contributed by atoms with Gasteiger partial charge in [-0.2, -0.15) is 0 Å². The van der Waals surface area contributed by atoms with Crippen molar-refractivity contribution in [1.82, 2.24) is 0 Å². The van der Waals surface area contributed by atoms with Crippen LogP contribution in [0.4, 0.5) is 0 Å². The summed E-state index contributed by atoms with van der Waals surface area (Å²) >= 11 is 24.2. The van der Waals surface area contributed by atoms with Gasteiger partial charge < -0.3 is 0 Å². The van der Waals surface area contributed by atoms with Gasteiger partial charge in [-0.25, -0.2) is 0 Å². The standard InChI is InChI=1S/C19H20Cl4/c1-12-16(3-14(8-20)5-18(12)10-22)7-17-4-15(9-21)6-19(11-23)13(17)2/h3-6H,7-11H2,1-2H3. The molecule has 0 unspecified atom stereocenters. The number of hydrogen-bond acceptors (Lipinski definition) is 0. The van der Waals surface area contributed by atoms with Crippen LogP contribution in [0.25, 0.3) is 0 Å². The van der Waals surface area contributed by atoms with Crippen LogP contribution < -0.4 is 0 Å². The molecule has 0 amide bonds. The predicted octanol–water partition coefficient (Wildman–Crippen LogP) is 6.85. The molecule has 2 aromatic carbocycles. The predicted molar refractivity (Wildman–Crippen MR) is 103 cm³/mol. The highest BCUT2D eigenvalue weighted by atomic mass is 35.5. The minimum Gasteiger partial charge on any atom is -0.122 e. The van der Waals surface area contributed by atoms with Gasteiger partial charge in [0.2, 0.25) is 0 Å². The summed E-state index contributed by atoms with van der Waals surface area (Å²) in [7, 11) is 0. The molecule has 0 aliphatic carbocycles. The molecule has 23 heavy (non-hydrogen) atoms. The molecule has 0 aliphatic rings. The molecule has 0 aliphatic heterocycles. The Labute approximate surface area is 158 Å². The highest BCUT2D eigenvalue weighted by Crippen LogP contribution is 2.27. The summed E-state index contributed by atoms with van der Waals surface area (Å²) in [4.78, 5) is 0. The molecule has 0 heterocycles. The minimum absolute atomic E-state index is 0.491. The van der Waals surface area contributed by atoms with Crippen LogP contribution in [-0.2, 0) is 29.9 Å². The molecule has 2 aromatic rings. The molecule has 0 aromatic heterocycles. The summed E-state index contributed by atoms with van der Waals surface area (Å²) in [5, 5.41) is 0. The van der Waals surface area contributed by atoms with Crippen LogP contribution in [0.2, 0.25) is 0 Å². The maximum atomic E-state index is 6.08. The Morgan fingerprint density at radius 2 is 0.913 bits per heavy atom. The van der Waals surface area contributed by atoms with Gasteiger partial charge in [0.25, 0.3) is 0 Å². The zero-order valence-electron chi connectivity index (χ0n) is 13.4. The fraction of sp³-hybridized carbons (Fsp3) is 0.368. The molecule has 4 heteroatoms. The quantitative estimate of drug-likeness (QED) is 0.474. The third-order valence-corrected chi connectivity index (χ3v) is 5.54. The van der Waals surface area contributed by atoms with E-state index in [1.807, 2.05) is 0 Å². The Kier molecular flexibility index (Phi) is 7.10. The van der Waals surface area contributed by atoms with Crippen LogP contribution in [0.3, 0.4) is 0 Å². The lowest BCUT2D eigenvalue weighted by Crippen LogP contribution is -2.02. The zero-order valence-corrected chi connectivity index (χ0v) is 16.4. The second kappa shape index (κ2) is 8.62. The highest BCUT2D eigenvalue weighted by molar-refractivity contribution is 6.18. The molecule has 0 radical (unpaired) electrons. The lowest BCUT2D eigenvalue weighted by atomic mass is 9.91. The Morgan fingerprint density at radius 3 is 1.22 bits per heavy atom. The van der Waals surface area contributed by atoms with Crippen molar-refractivity contribution < 1.29 is 0 Å². The Balaban J connectivity index is 2.50. The fourth-order valence-corrected chi connectivity index (χ4v) is 3.69. The monoisotopic (exact) mass is 388 g/mol. The molecular weight excluding hydrogens is 370 g/mol. The maximum Gasteiger partial charge on any atom is 0.0476 e. The lowest BCUT2D eigenvalue weighted by molar-refractivity contribution is 1.07. The van der Waals surface area contributed by atoms with Crippen LogP contribution in [-0.4, -0.2) is 0 Å². The average molecular weight is 390 g/mol. The van der Waals surface area contributed by atoms with E-state index in [4.69, 9.17) is 46.4 Å². The van der Waals surface area contributed by atoms with Gasteiger partial charge >= 0.3 is 0 Å². The minimum atomic E-state index is 0.491. The van der Waals surface area contributed by atoms with E-state index in [2.05, 4.69) is 38.1 Å². The first-order valence-corrected chi connectivity index (χ1v) is 9.64. The first-order chi connectivity index (χ1) is 11.0. The van der Waals surface area contributed by atoms with Gasteiger partial charge in [0.05, 0.1) is 0 Å². The van der Waals surface area contributed by atoms with E-state index in [0.717, 1.165) is 28.7 Å². The number of halogens is 4. The van der Waals surface area contributed by atoms with Gasteiger partial charge in [0.15, 0.2) is 0 Å². The number of rotatable bonds is 6. The first-order valence-electron chi connectivity index (χ1n) is 7.50. The van der Waals surface area contributed by atoms with E-state index in [-0.39, 0.29) is 0 Å². The van der Waals surface area contributed by atoms with Crippen molar-refractivity contribution >= 4 is 46.4 Å². The van der Waals surface area contributed by atoms with Crippen LogP contribution in [0.15, 0.2) is 24.3 Å². The molecule has 0 fully saturated rings. The summed E-state index contributed by atoms with van der Waals surface area (Å²) < 4.78 is 0. The van der Waals surface area contributed by atoms with Crippen LogP contribution >= 0.6 is 46.4 Å². The van der Waals surface area contributed by atoms with E-state index in [0.29, 0.717) is 23.5 Å². The van der Waals surface area contributed by atoms with Crippen LogP contribution in [0.1, 0.15) is 44.5 Å². The van der Waals surface area contributed by atoms with E-state index < -0.39 is 0 Å². The van der Waals surface area contributed by atoms with Crippen LogP contribution in [0, 0.1) is 13.8 Å². The molecular formula is C19H20Cl4. The van der Waals surface area contributed by atoms with Crippen molar-refractivity contribution in [3.8, 4) is 0 Å². The van der Waals surface area contributed by atoms with Gasteiger partial charge in [0.1, 0.15) is 0 Å². The maximum absolute atomic E-state index is 6.08. The van der Waals surface area contributed by atoms with Gasteiger partial charge in [-0.3, -0.25) is 0 Å². The van der Waals surface area contributed by atoms with E-state index in [1.54, 1.807) is 0 Å². The van der Waals surface area contributed by atoms with Gasteiger partial charge in [-0.15, -0.1) is 46.4 Å². The summed E-state index contributed by atoms with van der Waals surface area (Å²) in [6.07, 6.45) is 0.834. The van der Waals surface area contributed by atoms with Crippen molar-refractivity contribution in [2.45, 2.75) is 43.8 Å². The second-order valence-corrected chi connectivity index (χ2v) is 6.86. The fourth-order valence-electron chi connectivity index (χ4n) is 2.83. The summed E-state index contributed by atoms with van der Waals surface area (Å²) in [5.74, 6) is 1.98. The summed E-state index contributed by atoms with van der Waals surface area (Å²) in [6, 6.07) is 8.52. The Hall–Kier alpha value is -0.400. The van der Waals surface area contributed by atoms with Gasteiger partial charge in [-0.1, -0.05) is 24.3 Å². The Morgan fingerprint density at radius 1 is 0.565 bits per heavy atom. The summed E-state index contributed by atoms with van der Waals surface area (Å²) in [6.45, 7) is 4.24. The molecule has 0 bridgehead atoms. The smallest absolute Gasteiger partial charge is 0.0476 e. The molecule has 0 N–H and O–H groups in total. The number of alkyl halides is 4. The molecule has 0 spiro atoms. The highest BCUT2D eigenvalue weighted by Gasteiger charge is 2.11. The number of benzene rings is 2. The topological polar surface area (TPSA) is 0 Å². The largest absolute Gasteiger partial charge is 0.122 e. The van der Waals surface area contributed by atoms with E-state index >= 15 is 0 Å². The second-order valence-electron chi connectivity index (χ2n) is 5.79. The third kappa shape index (κ3) is 4.37. The normalized spacial score (nSPS) is 11.0. The lowest BCUT2D eigenvalue weighted by Gasteiger charge is -2.16. The molecule has 0 saturated carbocycles. The van der Waals surface area contributed by atoms with Crippen molar-refractivity contribution in [2.75, 3.05) is 0 Å². The van der Waals surface area contributed by atoms with Gasteiger partial charge in [0, 0.05) is 23.5 Å². The SMILES string of the molecule is Cc1c(CCl)cc(CCl)cc1Cc1cc(CCl)cc(CCl)c1C. The van der Waals surface area contributed by atoms with Crippen molar-refractivity contribution in [3.05, 3.63) is 68.8 Å². The molecule has 0 nitrogen and oxygen atoms in total. The first kappa shape index (κ1) is 18.9. The van der Waals surface area contributed by atoms with Gasteiger partial charge in [-0.05, 0) is 64.8 Å². The van der Waals surface area contributed by atoms with Crippen LogP contribution in [0.5, 0.6) is 0 Å². The summed E-state index contributed by atoms with van der Waals surface area (Å²) in [5.41, 5.74) is 9.47. The average Bonchev–Trinajstić information content (AvgIpc) is 2.58. The van der Waals surface area contributed by atoms with Crippen molar-refractivity contribution in [1.29, 1.82) is 0 Å². The molecule has 0 atom stereocenters. The van der Waals surface area contributed by atoms with Crippen molar-refractivity contribution in [3.63, 3.8) is 0 Å².